The SMILES string of the molecule is CN1CCN(C(=O)CC(C)(C)C(=O)O)c2ccccc21. The van der Waals surface area contributed by atoms with Gasteiger partial charge in [0.05, 0.1) is 16.8 Å². The summed E-state index contributed by atoms with van der Waals surface area (Å²) in [5.74, 6) is -1.09. The standard InChI is InChI=1S/C15H20N2O3/c1-15(2,14(19)20)10-13(18)17-9-8-16(3)11-6-4-5-7-12(11)17/h4-7H,8-10H2,1-3H3,(H,19,20). The minimum absolute atomic E-state index is 0.000379. The number of fused-ring (bicyclic) bond motifs is 1. The number of carbonyl (C=O) groups is 2. The van der Waals surface area contributed by atoms with Crippen LogP contribution in [0.5, 0.6) is 0 Å². The summed E-state index contributed by atoms with van der Waals surface area (Å²) < 4.78 is 0. The first-order chi connectivity index (χ1) is 9.33. The lowest BCUT2D eigenvalue weighted by Gasteiger charge is -2.36. The fraction of sp³-hybridized carbons (Fsp3) is 0.467. The minimum Gasteiger partial charge on any atom is -0.481 e. The number of carboxylic acid groups (broad SMARTS) is 1. The summed E-state index contributed by atoms with van der Waals surface area (Å²) in [4.78, 5) is 27.4. The number of amides is 1. The molecule has 1 heterocycles. The molecule has 1 N–H and O–H groups in total. The van der Waals surface area contributed by atoms with Gasteiger partial charge in [-0.25, -0.2) is 0 Å². The van der Waals surface area contributed by atoms with Crippen LogP contribution in [0.15, 0.2) is 24.3 Å². The molecule has 0 saturated carbocycles. The minimum atomic E-state index is -1.05. The van der Waals surface area contributed by atoms with E-state index in [9.17, 15) is 9.59 Å². The predicted octanol–water partition coefficient (Wildman–Crippen LogP) is 1.97. The quantitative estimate of drug-likeness (QED) is 0.917. The fourth-order valence-electron chi connectivity index (χ4n) is 2.31. The van der Waals surface area contributed by atoms with E-state index in [2.05, 4.69) is 4.90 Å². The van der Waals surface area contributed by atoms with E-state index in [1.807, 2.05) is 31.3 Å². The van der Waals surface area contributed by atoms with Crippen LogP contribution in [0.3, 0.4) is 0 Å². The molecule has 0 bridgehead atoms. The van der Waals surface area contributed by atoms with Gasteiger partial charge in [0.15, 0.2) is 0 Å². The first kappa shape index (κ1) is 14.4. The molecule has 0 unspecified atom stereocenters. The summed E-state index contributed by atoms with van der Waals surface area (Å²) in [6.07, 6.45) is 0.000379. The Labute approximate surface area is 118 Å². The normalized spacial score (nSPS) is 14.9. The third-order valence-electron chi connectivity index (χ3n) is 3.72. The number of benzene rings is 1. The number of aliphatic carboxylic acids is 1. The van der Waals surface area contributed by atoms with Crippen LogP contribution in [-0.2, 0) is 9.59 Å². The predicted molar refractivity (Wildman–Crippen MR) is 78.1 cm³/mol. The van der Waals surface area contributed by atoms with E-state index in [4.69, 9.17) is 5.11 Å². The molecular weight excluding hydrogens is 256 g/mol. The summed E-state index contributed by atoms with van der Waals surface area (Å²) in [6, 6.07) is 7.69. The molecule has 20 heavy (non-hydrogen) atoms. The molecule has 0 fully saturated rings. The Morgan fingerprint density at radius 3 is 2.40 bits per heavy atom. The Bertz CT molecular complexity index is 540. The highest BCUT2D eigenvalue weighted by Crippen LogP contribution is 2.33. The Morgan fingerprint density at radius 1 is 1.20 bits per heavy atom. The molecule has 1 amide bonds. The zero-order valence-corrected chi connectivity index (χ0v) is 12.1. The van der Waals surface area contributed by atoms with Crippen molar-refractivity contribution in [1.29, 1.82) is 0 Å². The summed E-state index contributed by atoms with van der Waals surface area (Å²) in [5, 5.41) is 9.15. The first-order valence-electron chi connectivity index (χ1n) is 6.67. The van der Waals surface area contributed by atoms with Gasteiger partial charge in [-0.1, -0.05) is 12.1 Å². The second-order valence-electron chi connectivity index (χ2n) is 5.82. The van der Waals surface area contributed by atoms with Crippen molar-refractivity contribution in [2.75, 3.05) is 29.9 Å². The molecule has 108 valence electrons. The molecule has 5 heteroatoms. The van der Waals surface area contributed by atoms with Crippen LogP contribution in [-0.4, -0.2) is 37.1 Å². The third kappa shape index (κ3) is 2.61. The van der Waals surface area contributed by atoms with Crippen LogP contribution in [0.4, 0.5) is 11.4 Å². The van der Waals surface area contributed by atoms with E-state index in [0.29, 0.717) is 6.54 Å². The molecule has 1 aromatic carbocycles. The maximum atomic E-state index is 12.4. The van der Waals surface area contributed by atoms with Crippen molar-refractivity contribution < 1.29 is 14.7 Å². The van der Waals surface area contributed by atoms with Crippen LogP contribution >= 0.6 is 0 Å². The van der Waals surface area contributed by atoms with Gasteiger partial charge in [-0.3, -0.25) is 9.59 Å². The topological polar surface area (TPSA) is 60.9 Å². The lowest BCUT2D eigenvalue weighted by Crippen LogP contribution is -2.44. The van der Waals surface area contributed by atoms with E-state index < -0.39 is 11.4 Å². The lowest BCUT2D eigenvalue weighted by molar-refractivity contribution is -0.149. The Kier molecular flexibility index (Phi) is 3.70. The average molecular weight is 276 g/mol. The van der Waals surface area contributed by atoms with Gasteiger partial charge in [0.2, 0.25) is 5.91 Å². The zero-order chi connectivity index (χ0) is 14.9. The van der Waals surface area contributed by atoms with E-state index in [1.54, 1.807) is 18.7 Å². The fourth-order valence-corrected chi connectivity index (χ4v) is 2.31. The van der Waals surface area contributed by atoms with Crippen molar-refractivity contribution >= 4 is 23.3 Å². The van der Waals surface area contributed by atoms with Crippen LogP contribution < -0.4 is 9.80 Å². The van der Waals surface area contributed by atoms with Crippen molar-refractivity contribution in [3.8, 4) is 0 Å². The van der Waals surface area contributed by atoms with Crippen molar-refractivity contribution in [2.24, 2.45) is 5.41 Å². The highest BCUT2D eigenvalue weighted by molar-refractivity contribution is 5.99. The first-order valence-corrected chi connectivity index (χ1v) is 6.67. The van der Waals surface area contributed by atoms with Gasteiger partial charge in [-0.05, 0) is 26.0 Å². The van der Waals surface area contributed by atoms with Crippen LogP contribution in [0.2, 0.25) is 0 Å². The molecule has 1 aliphatic rings. The molecule has 0 aromatic heterocycles. The van der Waals surface area contributed by atoms with Crippen molar-refractivity contribution in [3.63, 3.8) is 0 Å². The van der Waals surface area contributed by atoms with Gasteiger partial charge in [-0.15, -0.1) is 0 Å². The van der Waals surface area contributed by atoms with Crippen molar-refractivity contribution in [3.05, 3.63) is 24.3 Å². The highest BCUT2D eigenvalue weighted by Gasteiger charge is 2.34. The molecule has 0 atom stereocenters. The number of carboxylic acids is 1. The number of para-hydroxylation sites is 2. The van der Waals surface area contributed by atoms with Gasteiger partial charge >= 0.3 is 5.97 Å². The summed E-state index contributed by atoms with van der Waals surface area (Å²) in [6.45, 7) is 4.49. The van der Waals surface area contributed by atoms with Crippen LogP contribution in [0.25, 0.3) is 0 Å². The molecule has 0 saturated heterocycles. The molecule has 0 spiro atoms. The maximum Gasteiger partial charge on any atom is 0.309 e. The van der Waals surface area contributed by atoms with Crippen LogP contribution in [0, 0.1) is 5.41 Å². The number of likely N-dealkylation sites (N-methyl/N-ethyl adjacent to an activating group) is 1. The number of nitrogens with zero attached hydrogens (tertiary/aromatic N) is 2. The number of hydrogen-bond donors (Lipinski definition) is 1. The van der Waals surface area contributed by atoms with Crippen molar-refractivity contribution in [1.82, 2.24) is 0 Å². The summed E-state index contributed by atoms with van der Waals surface area (Å²) in [5.41, 5.74) is 0.808. The number of anilines is 2. The van der Waals surface area contributed by atoms with Crippen LogP contribution in [0.1, 0.15) is 20.3 Å². The molecule has 2 rings (SSSR count). The van der Waals surface area contributed by atoms with Gasteiger partial charge in [0, 0.05) is 26.6 Å². The Morgan fingerprint density at radius 2 is 1.80 bits per heavy atom. The van der Waals surface area contributed by atoms with Gasteiger partial charge in [0.25, 0.3) is 0 Å². The highest BCUT2D eigenvalue weighted by atomic mass is 16.4. The largest absolute Gasteiger partial charge is 0.481 e. The summed E-state index contributed by atoms with van der Waals surface area (Å²) in [7, 11) is 1.99. The number of rotatable bonds is 3. The van der Waals surface area contributed by atoms with Gasteiger partial charge < -0.3 is 14.9 Å². The van der Waals surface area contributed by atoms with Gasteiger partial charge in [0.1, 0.15) is 0 Å². The maximum absolute atomic E-state index is 12.4. The molecule has 0 radical (unpaired) electrons. The zero-order valence-electron chi connectivity index (χ0n) is 12.1. The summed E-state index contributed by atoms with van der Waals surface area (Å²) >= 11 is 0. The second kappa shape index (κ2) is 5.15. The van der Waals surface area contributed by atoms with Gasteiger partial charge in [-0.2, -0.15) is 0 Å². The molecule has 5 nitrogen and oxygen atoms in total. The molecule has 1 aromatic rings. The second-order valence-corrected chi connectivity index (χ2v) is 5.82. The van der Waals surface area contributed by atoms with E-state index in [0.717, 1.165) is 17.9 Å². The Hall–Kier alpha value is -2.04. The monoisotopic (exact) mass is 276 g/mol. The number of hydrogen-bond acceptors (Lipinski definition) is 3. The Balaban J connectivity index is 2.24. The van der Waals surface area contributed by atoms with E-state index >= 15 is 0 Å². The number of carbonyl (C=O) groups excluding carboxylic acids is 1. The molecule has 1 aliphatic heterocycles. The van der Waals surface area contributed by atoms with Crippen molar-refractivity contribution in [2.45, 2.75) is 20.3 Å². The average Bonchev–Trinajstić information content (AvgIpc) is 2.38. The smallest absolute Gasteiger partial charge is 0.309 e. The third-order valence-corrected chi connectivity index (χ3v) is 3.72. The lowest BCUT2D eigenvalue weighted by atomic mass is 9.89. The van der Waals surface area contributed by atoms with E-state index in [-0.39, 0.29) is 12.3 Å². The van der Waals surface area contributed by atoms with E-state index in [1.165, 1.54) is 0 Å². The molecule has 0 aliphatic carbocycles. The molecular formula is C15H20N2O3.